The molecule has 1 aromatic carbocycles. The first-order valence-electron chi connectivity index (χ1n) is 12.1. The molecular weight excluding hydrogens is 482 g/mol. The fourth-order valence-corrected chi connectivity index (χ4v) is 4.20. The van der Waals surface area contributed by atoms with Crippen LogP contribution < -0.4 is 16.4 Å². The molecule has 0 aliphatic carbocycles. The maximum Gasteiger partial charge on any atom is 0.410 e. The number of nitrogen functional groups attached to an aromatic ring is 1. The highest BCUT2D eigenvalue weighted by molar-refractivity contribution is 5.68. The van der Waals surface area contributed by atoms with Gasteiger partial charge < -0.3 is 26.0 Å². The number of H-pyrrole nitrogens is 1. The zero-order chi connectivity index (χ0) is 26.7. The lowest BCUT2D eigenvalue weighted by Gasteiger charge is -2.33. The number of carbonyl (C=O) groups is 1. The van der Waals surface area contributed by atoms with E-state index in [0.717, 1.165) is 24.6 Å². The highest BCUT2D eigenvalue weighted by Crippen LogP contribution is 2.30. The number of rotatable bonds is 6. The molecule has 0 saturated carbocycles. The molecule has 1 aliphatic rings. The van der Waals surface area contributed by atoms with E-state index in [2.05, 4.69) is 30.8 Å². The SMILES string of the molecule is CC(Nc1cc(Nc2cc(C3CCN(C(=O)OC(C)(C)C)CC3)[nH]n2)nc(N)n1)c1ccc(F)cc1F. The van der Waals surface area contributed by atoms with Crippen molar-refractivity contribution in [2.75, 3.05) is 29.5 Å². The summed E-state index contributed by atoms with van der Waals surface area (Å²) in [7, 11) is 0. The third-order valence-corrected chi connectivity index (χ3v) is 5.98. The Hall–Kier alpha value is -3.96. The van der Waals surface area contributed by atoms with Gasteiger partial charge in [0.15, 0.2) is 5.82 Å². The minimum absolute atomic E-state index is 0.0181. The number of amides is 1. The smallest absolute Gasteiger partial charge is 0.410 e. The molecule has 0 spiro atoms. The van der Waals surface area contributed by atoms with Crippen LogP contribution in [0.25, 0.3) is 0 Å². The number of nitrogens with one attached hydrogen (secondary N) is 3. The molecule has 3 aromatic rings. The predicted octanol–water partition coefficient (Wildman–Crippen LogP) is 5.09. The van der Waals surface area contributed by atoms with Crippen LogP contribution in [0, 0.1) is 11.6 Å². The number of aromatic amines is 1. The number of nitrogens with two attached hydrogens (primary N) is 1. The molecule has 3 heterocycles. The summed E-state index contributed by atoms with van der Waals surface area (Å²) in [6, 6.07) is 6.46. The van der Waals surface area contributed by atoms with E-state index in [1.807, 2.05) is 26.8 Å². The molecule has 10 nitrogen and oxygen atoms in total. The van der Waals surface area contributed by atoms with Crippen LogP contribution in [0.2, 0.25) is 0 Å². The summed E-state index contributed by atoms with van der Waals surface area (Å²) in [6.45, 7) is 8.50. The van der Waals surface area contributed by atoms with Crippen LogP contribution in [0.3, 0.4) is 0 Å². The number of likely N-dealkylation sites (tertiary alicyclic amines) is 1. The first kappa shape index (κ1) is 26.1. The second kappa shape index (κ2) is 10.6. The van der Waals surface area contributed by atoms with Crippen molar-refractivity contribution in [3.05, 3.63) is 53.2 Å². The Balaban J connectivity index is 1.37. The van der Waals surface area contributed by atoms with E-state index in [0.29, 0.717) is 36.1 Å². The van der Waals surface area contributed by atoms with Crippen molar-refractivity contribution in [3.63, 3.8) is 0 Å². The van der Waals surface area contributed by atoms with Gasteiger partial charge in [-0.05, 0) is 46.6 Å². The number of piperidine rings is 1. The Kier molecular flexibility index (Phi) is 7.46. The summed E-state index contributed by atoms with van der Waals surface area (Å²) in [5.74, 6) is 0.271. The van der Waals surface area contributed by atoms with E-state index in [1.165, 1.54) is 12.1 Å². The van der Waals surface area contributed by atoms with Crippen LogP contribution in [0.4, 0.5) is 37.0 Å². The molecule has 0 bridgehead atoms. The van der Waals surface area contributed by atoms with Crippen molar-refractivity contribution in [1.82, 2.24) is 25.1 Å². The first-order valence-corrected chi connectivity index (χ1v) is 12.1. The lowest BCUT2D eigenvalue weighted by molar-refractivity contribution is 0.0204. The standard InChI is InChI=1S/C25H32F2N8O2/c1-14(17-6-5-16(26)11-18(17)27)29-20-13-21(32-23(28)31-20)30-22-12-19(33-34-22)15-7-9-35(10-8-15)24(36)37-25(2,3)4/h5-6,11-15H,7-10H2,1-4H3,(H5,28,29,30,31,32,33,34). The fraction of sp³-hybridized carbons (Fsp3) is 0.440. The Morgan fingerprint density at radius 2 is 1.84 bits per heavy atom. The molecule has 12 heteroatoms. The van der Waals surface area contributed by atoms with Gasteiger partial charge in [-0.1, -0.05) is 6.07 Å². The normalized spacial score (nSPS) is 15.4. The average molecular weight is 515 g/mol. The number of ether oxygens (including phenoxy) is 1. The molecule has 1 atom stereocenters. The maximum absolute atomic E-state index is 14.1. The molecular formula is C25H32F2N8O2. The van der Waals surface area contributed by atoms with Gasteiger partial charge in [0.1, 0.15) is 28.9 Å². The molecule has 4 rings (SSSR count). The highest BCUT2D eigenvalue weighted by Gasteiger charge is 2.28. The van der Waals surface area contributed by atoms with Gasteiger partial charge in [-0.15, -0.1) is 0 Å². The lowest BCUT2D eigenvalue weighted by Crippen LogP contribution is -2.41. The third-order valence-electron chi connectivity index (χ3n) is 5.98. The second-order valence-corrected chi connectivity index (χ2v) is 10.1. The molecule has 0 radical (unpaired) electrons. The van der Waals surface area contributed by atoms with Crippen molar-refractivity contribution < 1.29 is 18.3 Å². The molecule has 1 aliphatic heterocycles. The van der Waals surface area contributed by atoms with Gasteiger partial charge in [0.05, 0.1) is 6.04 Å². The van der Waals surface area contributed by atoms with E-state index >= 15 is 0 Å². The van der Waals surface area contributed by atoms with Gasteiger partial charge in [-0.25, -0.2) is 13.6 Å². The van der Waals surface area contributed by atoms with Gasteiger partial charge in [0.25, 0.3) is 0 Å². The van der Waals surface area contributed by atoms with Gasteiger partial charge in [0.2, 0.25) is 5.95 Å². The number of halogens is 2. The Bertz CT molecular complexity index is 1250. The van der Waals surface area contributed by atoms with Gasteiger partial charge >= 0.3 is 6.09 Å². The zero-order valence-electron chi connectivity index (χ0n) is 21.3. The monoisotopic (exact) mass is 514 g/mol. The highest BCUT2D eigenvalue weighted by atomic mass is 19.1. The Morgan fingerprint density at radius 1 is 1.14 bits per heavy atom. The van der Waals surface area contributed by atoms with E-state index in [9.17, 15) is 13.6 Å². The quantitative estimate of drug-likeness (QED) is 0.357. The molecule has 198 valence electrons. The third kappa shape index (κ3) is 6.83. The lowest BCUT2D eigenvalue weighted by atomic mass is 9.94. The number of hydrogen-bond acceptors (Lipinski definition) is 8. The van der Waals surface area contributed by atoms with E-state index < -0.39 is 23.3 Å². The maximum atomic E-state index is 14.1. The summed E-state index contributed by atoms with van der Waals surface area (Å²) in [5, 5.41) is 13.6. The number of hydrogen-bond donors (Lipinski definition) is 4. The summed E-state index contributed by atoms with van der Waals surface area (Å²) in [6.07, 6.45) is 1.28. The van der Waals surface area contributed by atoms with Crippen LogP contribution in [0.1, 0.15) is 63.8 Å². The summed E-state index contributed by atoms with van der Waals surface area (Å²) in [5.41, 5.74) is 6.60. The van der Waals surface area contributed by atoms with Crippen molar-refractivity contribution in [2.24, 2.45) is 0 Å². The largest absolute Gasteiger partial charge is 0.444 e. The van der Waals surface area contributed by atoms with Crippen molar-refractivity contribution in [2.45, 2.75) is 58.1 Å². The van der Waals surface area contributed by atoms with Crippen molar-refractivity contribution >= 4 is 29.5 Å². The van der Waals surface area contributed by atoms with Crippen LogP contribution >= 0.6 is 0 Å². The predicted molar refractivity (Wildman–Crippen MR) is 136 cm³/mol. The zero-order valence-corrected chi connectivity index (χ0v) is 21.3. The van der Waals surface area contributed by atoms with E-state index in [4.69, 9.17) is 10.5 Å². The molecule has 37 heavy (non-hydrogen) atoms. The van der Waals surface area contributed by atoms with Crippen molar-refractivity contribution in [3.8, 4) is 0 Å². The molecule has 5 N–H and O–H groups in total. The fourth-order valence-electron chi connectivity index (χ4n) is 4.20. The number of nitrogens with zero attached hydrogens (tertiary/aromatic N) is 4. The minimum atomic E-state index is -0.652. The average Bonchev–Trinajstić information content (AvgIpc) is 3.26. The number of carbonyl (C=O) groups excluding carboxylic acids is 1. The van der Waals surface area contributed by atoms with Crippen LogP contribution in [0.15, 0.2) is 30.3 Å². The number of benzene rings is 1. The van der Waals surface area contributed by atoms with Gasteiger partial charge in [0, 0.05) is 48.5 Å². The Morgan fingerprint density at radius 3 is 2.51 bits per heavy atom. The summed E-state index contributed by atoms with van der Waals surface area (Å²) < 4.78 is 32.8. The van der Waals surface area contributed by atoms with Crippen LogP contribution in [-0.2, 0) is 4.74 Å². The molecule has 2 aromatic heterocycles. The first-order chi connectivity index (χ1) is 17.5. The molecule has 1 unspecified atom stereocenters. The molecule has 1 fully saturated rings. The number of anilines is 4. The van der Waals surface area contributed by atoms with E-state index in [1.54, 1.807) is 17.9 Å². The second-order valence-electron chi connectivity index (χ2n) is 10.1. The van der Waals surface area contributed by atoms with Crippen LogP contribution in [0.5, 0.6) is 0 Å². The van der Waals surface area contributed by atoms with E-state index in [-0.39, 0.29) is 18.0 Å². The minimum Gasteiger partial charge on any atom is -0.444 e. The molecule has 1 amide bonds. The molecule has 1 saturated heterocycles. The van der Waals surface area contributed by atoms with Gasteiger partial charge in [-0.3, -0.25) is 5.10 Å². The van der Waals surface area contributed by atoms with Gasteiger partial charge in [-0.2, -0.15) is 15.1 Å². The summed E-state index contributed by atoms with van der Waals surface area (Å²) in [4.78, 5) is 22.4. The number of aromatic nitrogens is 4. The van der Waals surface area contributed by atoms with Crippen LogP contribution in [-0.4, -0.2) is 49.8 Å². The van der Waals surface area contributed by atoms with Crippen molar-refractivity contribution in [1.29, 1.82) is 0 Å². The summed E-state index contributed by atoms with van der Waals surface area (Å²) >= 11 is 0. The topological polar surface area (TPSA) is 134 Å². The Labute approximate surface area is 214 Å².